The van der Waals surface area contributed by atoms with Gasteiger partial charge in [0.1, 0.15) is 5.82 Å². The summed E-state index contributed by atoms with van der Waals surface area (Å²) in [5, 5.41) is 12.1. The van der Waals surface area contributed by atoms with Gasteiger partial charge in [-0.05, 0) is 61.3 Å². The number of aliphatic hydroxyl groups is 1. The van der Waals surface area contributed by atoms with Crippen molar-refractivity contribution < 1.29 is 9.50 Å². The van der Waals surface area contributed by atoms with Gasteiger partial charge in [-0.15, -0.1) is 0 Å². The van der Waals surface area contributed by atoms with Crippen molar-refractivity contribution in [3.05, 3.63) is 65.7 Å². The van der Waals surface area contributed by atoms with E-state index in [-0.39, 0.29) is 18.3 Å². The molecule has 112 valence electrons. The quantitative estimate of drug-likeness (QED) is 0.734. The first-order valence-electron chi connectivity index (χ1n) is 7.28. The minimum Gasteiger partial charge on any atom is -0.396 e. The highest BCUT2D eigenvalue weighted by molar-refractivity contribution is 5.31. The van der Waals surface area contributed by atoms with Gasteiger partial charge in [0.05, 0.1) is 0 Å². The van der Waals surface area contributed by atoms with Crippen molar-refractivity contribution in [2.24, 2.45) is 0 Å². The van der Waals surface area contributed by atoms with Crippen LogP contribution < -0.4 is 5.32 Å². The Hall–Kier alpha value is -1.78. The summed E-state index contributed by atoms with van der Waals surface area (Å²) in [7, 11) is 0. The van der Waals surface area contributed by atoms with Crippen molar-refractivity contribution in [2.45, 2.75) is 18.8 Å². The van der Waals surface area contributed by atoms with Gasteiger partial charge in [-0.25, -0.2) is 4.39 Å². The predicted octanol–water partition coefficient (Wildman–Crippen LogP) is 2.71. The van der Waals surface area contributed by atoms with Crippen molar-refractivity contribution in [3.8, 4) is 0 Å². The molecular weight excluding hydrogens is 267 g/mol. The average molecular weight is 288 g/mol. The van der Waals surface area contributed by atoms with Crippen LogP contribution in [0.2, 0.25) is 0 Å². The fourth-order valence-electron chi connectivity index (χ4n) is 2.39. The molecule has 0 fully saturated rings. The summed E-state index contributed by atoms with van der Waals surface area (Å²) in [6, 6.07) is 10.7. The van der Waals surface area contributed by atoms with Crippen LogP contribution >= 0.6 is 0 Å². The van der Waals surface area contributed by atoms with E-state index >= 15 is 0 Å². The van der Waals surface area contributed by atoms with Crippen LogP contribution in [-0.4, -0.2) is 29.8 Å². The summed E-state index contributed by atoms with van der Waals surface area (Å²) in [5.41, 5.74) is 2.28. The summed E-state index contributed by atoms with van der Waals surface area (Å²) in [6.07, 6.45) is 5.24. The monoisotopic (exact) mass is 288 g/mol. The molecule has 1 unspecified atom stereocenters. The Balaban J connectivity index is 2.06. The lowest BCUT2D eigenvalue weighted by atomic mass is 9.89. The molecular formula is C17H21FN2O. The van der Waals surface area contributed by atoms with Crippen LogP contribution in [0.1, 0.15) is 29.9 Å². The zero-order valence-corrected chi connectivity index (χ0v) is 12.0. The molecule has 1 aromatic heterocycles. The lowest BCUT2D eigenvalue weighted by Crippen LogP contribution is -2.20. The van der Waals surface area contributed by atoms with Gasteiger partial charge in [0.2, 0.25) is 0 Å². The van der Waals surface area contributed by atoms with Crippen LogP contribution in [0.4, 0.5) is 4.39 Å². The third-order valence-corrected chi connectivity index (χ3v) is 3.50. The summed E-state index contributed by atoms with van der Waals surface area (Å²) in [6.45, 7) is 1.87. The summed E-state index contributed by atoms with van der Waals surface area (Å²) in [4.78, 5) is 4.05. The zero-order valence-electron chi connectivity index (χ0n) is 12.0. The molecule has 2 N–H and O–H groups in total. The highest BCUT2D eigenvalue weighted by Crippen LogP contribution is 2.27. The smallest absolute Gasteiger partial charge is 0.123 e. The summed E-state index contributed by atoms with van der Waals surface area (Å²) < 4.78 is 13.1. The van der Waals surface area contributed by atoms with Crippen LogP contribution in [0.3, 0.4) is 0 Å². The van der Waals surface area contributed by atoms with Crippen LogP contribution in [0, 0.1) is 5.82 Å². The molecule has 3 nitrogen and oxygen atoms in total. The maximum atomic E-state index is 13.1. The first-order chi connectivity index (χ1) is 10.3. The number of pyridine rings is 1. The van der Waals surface area contributed by atoms with Gasteiger partial charge in [-0.3, -0.25) is 4.98 Å². The Kier molecular flexibility index (Phi) is 6.31. The molecule has 0 spiro atoms. The molecule has 0 aliphatic heterocycles. The highest BCUT2D eigenvalue weighted by Gasteiger charge is 2.13. The van der Waals surface area contributed by atoms with E-state index in [1.807, 2.05) is 24.3 Å². The van der Waals surface area contributed by atoms with E-state index in [1.54, 1.807) is 12.4 Å². The van der Waals surface area contributed by atoms with Gasteiger partial charge in [0, 0.05) is 24.9 Å². The summed E-state index contributed by atoms with van der Waals surface area (Å²) in [5.74, 6) is 0.00326. The molecule has 0 aliphatic carbocycles. The maximum Gasteiger partial charge on any atom is 0.123 e. The Morgan fingerprint density at radius 3 is 2.33 bits per heavy atom. The molecule has 1 heterocycles. The second-order valence-electron chi connectivity index (χ2n) is 5.00. The highest BCUT2D eigenvalue weighted by atomic mass is 19.1. The molecule has 1 aromatic carbocycles. The van der Waals surface area contributed by atoms with Crippen molar-refractivity contribution in [2.75, 3.05) is 19.7 Å². The Morgan fingerprint density at radius 2 is 1.67 bits per heavy atom. The first kappa shape index (κ1) is 15.6. The number of nitrogens with one attached hydrogen (secondary N) is 1. The van der Waals surface area contributed by atoms with E-state index in [9.17, 15) is 4.39 Å². The van der Waals surface area contributed by atoms with Gasteiger partial charge in [0.15, 0.2) is 0 Å². The predicted molar refractivity (Wildman–Crippen MR) is 81.7 cm³/mol. The molecule has 2 rings (SSSR count). The van der Waals surface area contributed by atoms with Crippen LogP contribution in [0.25, 0.3) is 0 Å². The van der Waals surface area contributed by atoms with E-state index in [0.29, 0.717) is 0 Å². The van der Waals surface area contributed by atoms with Crippen LogP contribution in [0.5, 0.6) is 0 Å². The minimum absolute atomic E-state index is 0.207. The topological polar surface area (TPSA) is 45.1 Å². The molecule has 0 radical (unpaired) electrons. The van der Waals surface area contributed by atoms with E-state index < -0.39 is 0 Å². The molecule has 1 atom stereocenters. The lowest BCUT2D eigenvalue weighted by molar-refractivity contribution is 0.286. The van der Waals surface area contributed by atoms with Gasteiger partial charge < -0.3 is 10.4 Å². The SMILES string of the molecule is OCCCNCCC(c1ccncc1)c1ccc(F)cc1. The zero-order chi connectivity index (χ0) is 14.9. The van der Waals surface area contributed by atoms with Crippen LogP contribution in [-0.2, 0) is 0 Å². The number of rotatable bonds is 8. The van der Waals surface area contributed by atoms with Crippen molar-refractivity contribution in [1.29, 1.82) is 0 Å². The molecule has 0 bridgehead atoms. The van der Waals surface area contributed by atoms with Gasteiger partial charge >= 0.3 is 0 Å². The van der Waals surface area contributed by atoms with Gasteiger partial charge in [0.25, 0.3) is 0 Å². The first-order valence-corrected chi connectivity index (χ1v) is 7.28. The van der Waals surface area contributed by atoms with E-state index in [2.05, 4.69) is 10.3 Å². The van der Waals surface area contributed by atoms with Gasteiger partial charge in [-0.1, -0.05) is 12.1 Å². The molecule has 0 saturated carbocycles. The second kappa shape index (κ2) is 8.49. The van der Waals surface area contributed by atoms with E-state index in [4.69, 9.17) is 5.11 Å². The normalized spacial score (nSPS) is 12.3. The Bertz CT molecular complexity index is 516. The van der Waals surface area contributed by atoms with Crippen molar-refractivity contribution in [3.63, 3.8) is 0 Å². The van der Waals surface area contributed by atoms with E-state index in [1.165, 1.54) is 17.7 Å². The number of hydrogen-bond acceptors (Lipinski definition) is 3. The fourth-order valence-corrected chi connectivity index (χ4v) is 2.39. The Labute approximate surface area is 124 Å². The fraction of sp³-hybridized carbons (Fsp3) is 0.353. The molecule has 0 amide bonds. The van der Waals surface area contributed by atoms with E-state index in [0.717, 1.165) is 31.5 Å². The third-order valence-electron chi connectivity index (χ3n) is 3.50. The van der Waals surface area contributed by atoms with Crippen molar-refractivity contribution >= 4 is 0 Å². The molecule has 2 aromatic rings. The number of benzene rings is 1. The average Bonchev–Trinajstić information content (AvgIpc) is 2.53. The molecule has 0 saturated heterocycles. The Morgan fingerprint density at radius 1 is 1.00 bits per heavy atom. The number of nitrogens with zero attached hydrogens (tertiary/aromatic N) is 1. The minimum atomic E-state index is -0.215. The second-order valence-corrected chi connectivity index (χ2v) is 5.00. The standard InChI is InChI=1S/C17H21FN2O/c18-16-4-2-14(3-5-16)17(8-12-19-9-1-13-21)15-6-10-20-11-7-15/h2-7,10-11,17,19,21H,1,8-9,12-13H2. The largest absolute Gasteiger partial charge is 0.396 e. The number of halogens is 1. The lowest BCUT2D eigenvalue weighted by Gasteiger charge is -2.18. The third kappa shape index (κ3) is 4.92. The van der Waals surface area contributed by atoms with Gasteiger partial charge in [-0.2, -0.15) is 0 Å². The van der Waals surface area contributed by atoms with Crippen LogP contribution in [0.15, 0.2) is 48.8 Å². The number of aliphatic hydroxyl groups excluding tert-OH is 1. The maximum absolute atomic E-state index is 13.1. The number of hydrogen-bond donors (Lipinski definition) is 2. The molecule has 4 heteroatoms. The summed E-state index contributed by atoms with van der Waals surface area (Å²) >= 11 is 0. The number of aromatic nitrogens is 1. The molecule has 0 aliphatic rings. The van der Waals surface area contributed by atoms with Crippen molar-refractivity contribution in [1.82, 2.24) is 10.3 Å². The molecule has 21 heavy (non-hydrogen) atoms.